The minimum Gasteiger partial charge on any atom is -0.487 e. The number of ether oxygens (including phenoxy) is 1. The third kappa shape index (κ3) is 6.09. The van der Waals surface area contributed by atoms with Gasteiger partial charge in [0.05, 0.1) is 26.7 Å². The summed E-state index contributed by atoms with van der Waals surface area (Å²) in [6.07, 6.45) is 5.39. The number of likely N-dealkylation sites (tertiary alicyclic amines) is 1. The van der Waals surface area contributed by atoms with Gasteiger partial charge in [0.2, 0.25) is 0 Å². The Hall–Kier alpha value is -3.18. The zero-order valence-electron chi connectivity index (χ0n) is 19.1. The highest BCUT2D eigenvalue weighted by molar-refractivity contribution is 7.20. The summed E-state index contributed by atoms with van der Waals surface area (Å²) in [5.41, 5.74) is 2.37. The summed E-state index contributed by atoms with van der Waals surface area (Å²) in [5, 5.41) is 3.78. The van der Waals surface area contributed by atoms with E-state index >= 15 is 0 Å². The van der Waals surface area contributed by atoms with E-state index in [2.05, 4.69) is 32.0 Å². The first kappa shape index (κ1) is 23.6. The first-order chi connectivity index (χ1) is 17.1. The van der Waals surface area contributed by atoms with Crippen molar-refractivity contribution in [2.75, 3.05) is 25.0 Å². The topological polar surface area (TPSA) is 50.3 Å². The van der Waals surface area contributed by atoms with Gasteiger partial charge >= 0.3 is 0 Å². The molecule has 1 saturated heterocycles. The molecule has 1 fully saturated rings. The average molecular weight is 507 g/mol. The van der Waals surface area contributed by atoms with E-state index < -0.39 is 0 Å². The lowest BCUT2D eigenvalue weighted by atomic mass is 10.1. The number of thiophene rings is 1. The molecule has 0 spiro atoms. The highest BCUT2D eigenvalue weighted by Gasteiger charge is 2.11. The van der Waals surface area contributed by atoms with Gasteiger partial charge in [0.1, 0.15) is 24.5 Å². The van der Waals surface area contributed by atoms with E-state index in [1.165, 1.54) is 31.4 Å². The molecule has 2 aromatic heterocycles. The number of hydrogen-bond acceptors (Lipinski definition) is 6. The van der Waals surface area contributed by atoms with Crippen LogP contribution in [-0.2, 0) is 6.61 Å². The second kappa shape index (κ2) is 11.0. The zero-order valence-corrected chi connectivity index (χ0v) is 20.6. The highest BCUT2D eigenvalue weighted by atomic mass is 35.5. The van der Waals surface area contributed by atoms with Gasteiger partial charge in [-0.25, -0.2) is 14.4 Å². The van der Waals surface area contributed by atoms with E-state index in [4.69, 9.17) is 16.3 Å². The van der Waals surface area contributed by atoms with E-state index in [0.29, 0.717) is 16.6 Å². The van der Waals surface area contributed by atoms with Crippen molar-refractivity contribution in [1.82, 2.24) is 14.9 Å². The van der Waals surface area contributed by atoms with Gasteiger partial charge in [-0.1, -0.05) is 42.0 Å². The average Bonchev–Trinajstić information content (AvgIpc) is 3.28. The van der Waals surface area contributed by atoms with Crippen molar-refractivity contribution in [3.05, 3.63) is 76.1 Å². The number of anilines is 2. The molecule has 0 amide bonds. The smallest absolute Gasteiger partial charge is 0.151 e. The minimum atomic E-state index is -0.294. The Morgan fingerprint density at radius 3 is 2.80 bits per heavy atom. The van der Waals surface area contributed by atoms with Crippen LogP contribution in [0.3, 0.4) is 0 Å². The number of rotatable bonds is 6. The van der Waals surface area contributed by atoms with Crippen molar-refractivity contribution >= 4 is 44.7 Å². The molecule has 35 heavy (non-hydrogen) atoms. The lowest BCUT2D eigenvalue weighted by molar-refractivity contribution is 0.255. The van der Waals surface area contributed by atoms with E-state index in [-0.39, 0.29) is 12.4 Å². The van der Waals surface area contributed by atoms with E-state index in [1.54, 1.807) is 41.9 Å². The van der Waals surface area contributed by atoms with Crippen molar-refractivity contribution in [3.63, 3.8) is 0 Å². The second-order valence-corrected chi connectivity index (χ2v) is 9.83. The quantitative estimate of drug-likeness (QED) is 0.297. The SMILES string of the molecule is Fc1cccc(COc2ccc(Nc3ncnc4cc(C#CCN5CCCCC5)sc34)cc2Cl)c1. The molecule has 0 unspecified atom stereocenters. The number of fused-ring (bicyclic) bond motifs is 1. The summed E-state index contributed by atoms with van der Waals surface area (Å²) in [7, 11) is 0. The fraction of sp³-hybridized carbons (Fsp3) is 0.259. The van der Waals surface area contributed by atoms with Crippen LogP contribution in [0.1, 0.15) is 29.7 Å². The van der Waals surface area contributed by atoms with E-state index in [0.717, 1.165) is 46.0 Å². The monoisotopic (exact) mass is 506 g/mol. The molecular formula is C27H24ClFN4OS. The van der Waals surface area contributed by atoms with Gasteiger partial charge in [-0.3, -0.25) is 4.90 Å². The molecule has 1 N–H and O–H groups in total. The Balaban J connectivity index is 1.27. The molecule has 3 heterocycles. The number of hydrogen-bond donors (Lipinski definition) is 1. The van der Waals surface area contributed by atoms with Crippen LogP contribution >= 0.6 is 22.9 Å². The number of benzene rings is 2. The fourth-order valence-corrected chi connectivity index (χ4v) is 5.15. The number of aromatic nitrogens is 2. The molecule has 2 aromatic carbocycles. The molecule has 178 valence electrons. The molecule has 0 atom stereocenters. The van der Waals surface area contributed by atoms with Crippen LogP contribution in [-0.4, -0.2) is 34.5 Å². The predicted molar refractivity (Wildman–Crippen MR) is 140 cm³/mol. The van der Waals surface area contributed by atoms with Crippen LogP contribution in [0, 0.1) is 17.7 Å². The number of piperidine rings is 1. The molecule has 5 rings (SSSR count). The third-order valence-corrected chi connectivity index (χ3v) is 7.09. The van der Waals surface area contributed by atoms with Crippen LogP contribution in [0.2, 0.25) is 5.02 Å². The molecule has 5 nitrogen and oxygen atoms in total. The summed E-state index contributed by atoms with van der Waals surface area (Å²) >= 11 is 8.02. The molecule has 0 saturated carbocycles. The van der Waals surface area contributed by atoms with Gasteiger partial charge < -0.3 is 10.1 Å². The molecule has 0 bridgehead atoms. The first-order valence-electron chi connectivity index (χ1n) is 11.5. The lowest BCUT2D eigenvalue weighted by Gasteiger charge is -2.23. The lowest BCUT2D eigenvalue weighted by Crippen LogP contribution is -2.29. The van der Waals surface area contributed by atoms with E-state index in [9.17, 15) is 4.39 Å². The van der Waals surface area contributed by atoms with Gasteiger partial charge in [-0.2, -0.15) is 0 Å². The second-order valence-electron chi connectivity index (χ2n) is 8.37. The zero-order chi connectivity index (χ0) is 24.0. The number of nitrogens with one attached hydrogen (secondary N) is 1. The summed E-state index contributed by atoms with van der Waals surface area (Å²) in [4.78, 5) is 12.2. The van der Waals surface area contributed by atoms with Crippen LogP contribution in [0.4, 0.5) is 15.9 Å². The predicted octanol–water partition coefficient (Wildman–Crippen LogP) is 6.64. The van der Waals surface area contributed by atoms with Gasteiger partial charge in [-0.05, 0) is 67.9 Å². The Kier molecular flexibility index (Phi) is 7.43. The van der Waals surface area contributed by atoms with Crippen molar-refractivity contribution in [2.24, 2.45) is 0 Å². The molecule has 0 radical (unpaired) electrons. The third-order valence-electron chi connectivity index (χ3n) is 5.75. The standard InChI is InChI=1S/C27H24ClFN4OS/c28-23-15-21(9-10-25(23)34-17-19-6-4-7-20(29)14-19)32-27-26-24(30-18-31-27)16-22(35-26)8-5-13-33-11-2-1-3-12-33/h4,6-7,9-10,14-16,18H,1-3,11-13,17H2,(H,30,31,32). The summed E-state index contributed by atoms with van der Waals surface area (Å²) in [6, 6.07) is 13.7. The summed E-state index contributed by atoms with van der Waals surface area (Å²) in [6.45, 7) is 3.31. The van der Waals surface area contributed by atoms with Crippen LogP contribution < -0.4 is 10.1 Å². The normalized spacial score (nSPS) is 13.9. The molecule has 1 aliphatic heterocycles. The minimum absolute atomic E-state index is 0.230. The largest absolute Gasteiger partial charge is 0.487 e. The van der Waals surface area contributed by atoms with Crippen molar-refractivity contribution in [3.8, 4) is 17.6 Å². The van der Waals surface area contributed by atoms with Crippen molar-refractivity contribution in [1.29, 1.82) is 0 Å². The van der Waals surface area contributed by atoms with Crippen LogP contribution in [0.15, 0.2) is 54.9 Å². The Morgan fingerprint density at radius 2 is 1.97 bits per heavy atom. The summed E-state index contributed by atoms with van der Waals surface area (Å²) in [5.74, 6) is 7.53. The van der Waals surface area contributed by atoms with Crippen LogP contribution in [0.25, 0.3) is 10.2 Å². The Labute approximate surface area is 212 Å². The van der Waals surface area contributed by atoms with Gasteiger partial charge in [0.25, 0.3) is 0 Å². The molecule has 4 aromatic rings. The maximum atomic E-state index is 13.4. The first-order valence-corrected chi connectivity index (χ1v) is 12.7. The van der Waals surface area contributed by atoms with Gasteiger partial charge in [0.15, 0.2) is 5.82 Å². The van der Waals surface area contributed by atoms with Crippen molar-refractivity contribution < 1.29 is 9.13 Å². The molecule has 1 aliphatic rings. The highest BCUT2D eigenvalue weighted by Crippen LogP contribution is 2.33. The molecule has 0 aliphatic carbocycles. The van der Waals surface area contributed by atoms with Gasteiger partial charge in [0, 0.05) is 5.69 Å². The summed E-state index contributed by atoms with van der Waals surface area (Å²) < 4.78 is 20.1. The number of halogens is 2. The fourth-order valence-electron chi connectivity index (χ4n) is 3.98. The number of nitrogens with zero attached hydrogens (tertiary/aromatic N) is 3. The maximum Gasteiger partial charge on any atom is 0.151 e. The van der Waals surface area contributed by atoms with Crippen molar-refractivity contribution in [2.45, 2.75) is 25.9 Å². The molecular weight excluding hydrogens is 483 g/mol. The molecule has 8 heteroatoms. The maximum absolute atomic E-state index is 13.4. The van der Waals surface area contributed by atoms with Crippen LogP contribution in [0.5, 0.6) is 5.75 Å². The Bertz CT molecular complexity index is 1390. The Morgan fingerprint density at radius 1 is 1.09 bits per heavy atom. The van der Waals surface area contributed by atoms with Gasteiger partial charge in [-0.15, -0.1) is 11.3 Å². The van der Waals surface area contributed by atoms with E-state index in [1.807, 2.05) is 12.1 Å².